The number of benzene rings is 1. The van der Waals surface area contributed by atoms with Gasteiger partial charge in [0.15, 0.2) is 11.6 Å². The molecule has 2 aromatic heterocycles. The zero-order valence-electron chi connectivity index (χ0n) is 17.2. The van der Waals surface area contributed by atoms with E-state index >= 15 is 0 Å². The molecule has 4 rings (SSSR count). The third-order valence-corrected chi connectivity index (χ3v) is 5.06. The number of nitrogens with zero attached hydrogens (tertiary/aromatic N) is 5. The summed E-state index contributed by atoms with van der Waals surface area (Å²) in [6.07, 6.45) is 3.22. The number of carbonyl (C=O) groups excluding carboxylic acids is 1. The van der Waals surface area contributed by atoms with E-state index in [2.05, 4.69) is 35.6 Å². The molecule has 3 aromatic rings. The van der Waals surface area contributed by atoms with Crippen molar-refractivity contribution in [3.05, 3.63) is 60.6 Å². The summed E-state index contributed by atoms with van der Waals surface area (Å²) < 4.78 is 5.10. The lowest BCUT2D eigenvalue weighted by atomic mass is 10.2. The smallest absolute Gasteiger partial charge is 0.269 e. The molecule has 0 unspecified atom stereocenters. The summed E-state index contributed by atoms with van der Waals surface area (Å²) in [7, 11) is 1.57. The number of hydrazine groups is 1. The van der Waals surface area contributed by atoms with Crippen molar-refractivity contribution in [2.45, 2.75) is 0 Å². The van der Waals surface area contributed by atoms with E-state index in [4.69, 9.17) is 10.5 Å². The van der Waals surface area contributed by atoms with Crippen molar-refractivity contribution < 1.29 is 9.53 Å². The summed E-state index contributed by atoms with van der Waals surface area (Å²) in [4.78, 5) is 29.6. The van der Waals surface area contributed by atoms with Crippen LogP contribution in [0.15, 0.2) is 55.0 Å². The fourth-order valence-electron chi connectivity index (χ4n) is 3.36. The van der Waals surface area contributed by atoms with Crippen molar-refractivity contribution in [3.8, 4) is 5.75 Å². The molecule has 10 heteroatoms. The summed E-state index contributed by atoms with van der Waals surface area (Å²) in [5.41, 5.74) is 12.6. The number of amides is 1. The van der Waals surface area contributed by atoms with E-state index in [9.17, 15) is 4.79 Å². The number of hydrogen-bond acceptors (Lipinski definition) is 9. The van der Waals surface area contributed by atoms with Crippen molar-refractivity contribution in [1.29, 1.82) is 0 Å². The first-order chi connectivity index (χ1) is 15.2. The fraction of sp³-hybridized carbons (Fsp3) is 0.238. The Morgan fingerprint density at radius 1 is 1.00 bits per heavy atom. The first-order valence-electron chi connectivity index (χ1n) is 9.87. The molecule has 31 heavy (non-hydrogen) atoms. The maximum Gasteiger partial charge on any atom is 0.269 e. The van der Waals surface area contributed by atoms with Gasteiger partial charge in [0, 0.05) is 37.9 Å². The van der Waals surface area contributed by atoms with E-state index < -0.39 is 0 Å². The van der Waals surface area contributed by atoms with E-state index in [1.165, 1.54) is 6.33 Å². The second-order valence-corrected chi connectivity index (χ2v) is 6.93. The van der Waals surface area contributed by atoms with Crippen molar-refractivity contribution in [3.63, 3.8) is 0 Å². The van der Waals surface area contributed by atoms with Gasteiger partial charge in [-0.15, -0.1) is 0 Å². The van der Waals surface area contributed by atoms with Gasteiger partial charge in [-0.2, -0.15) is 0 Å². The second kappa shape index (κ2) is 9.16. The Kier molecular flexibility index (Phi) is 5.97. The van der Waals surface area contributed by atoms with Gasteiger partial charge >= 0.3 is 0 Å². The van der Waals surface area contributed by atoms with Crippen LogP contribution < -0.4 is 31.1 Å². The quantitative estimate of drug-likeness (QED) is 0.510. The van der Waals surface area contributed by atoms with Crippen LogP contribution >= 0.6 is 0 Å². The molecule has 0 bridgehead atoms. The van der Waals surface area contributed by atoms with Crippen molar-refractivity contribution in [2.24, 2.45) is 0 Å². The highest BCUT2D eigenvalue weighted by atomic mass is 16.5. The summed E-state index contributed by atoms with van der Waals surface area (Å²) in [6, 6.07) is 12.7. The topological polar surface area (TPSA) is 122 Å². The van der Waals surface area contributed by atoms with Crippen LogP contribution in [-0.4, -0.2) is 54.1 Å². The molecule has 1 aliphatic heterocycles. The Bertz CT molecular complexity index is 1020. The van der Waals surface area contributed by atoms with Crippen LogP contribution in [-0.2, 0) is 0 Å². The molecule has 10 nitrogen and oxygen atoms in total. The van der Waals surface area contributed by atoms with Gasteiger partial charge in [-0.1, -0.05) is 6.07 Å². The van der Waals surface area contributed by atoms with Gasteiger partial charge in [0.05, 0.1) is 7.11 Å². The number of anilines is 4. The van der Waals surface area contributed by atoms with E-state index in [0.717, 1.165) is 32.0 Å². The first-order valence-corrected chi connectivity index (χ1v) is 9.87. The third-order valence-electron chi connectivity index (χ3n) is 5.06. The Morgan fingerprint density at radius 2 is 1.74 bits per heavy atom. The van der Waals surface area contributed by atoms with Gasteiger partial charge in [0.25, 0.3) is 5.91 Å². The molecule has 160 valence electrons. The Balaban J connectivity index is 1.38. The average Bonchev–Trinajstić information content (AvgIpc) is 2.84. The Hall–Kier alpha value is -4.08. The van der Waals surface area contributed by atoms with Crippen LogP contribution in [0.1, 0.15) is 10.4 Å². The van der Waals surface area contributed by atoms with Gasteiger partial charge in [-0.05, 0) is 36.4 Å². The number of pyridine rings is 1. The van der Waals surface area contributed by atoms with Crippen LogP contribution in [0.5, 0.6) is 5.75 Å². The zero-order valence-corrected chi connectivity index (χ0v) is 17.2. The molecule has 4 N–H and O–H groups in total. The van der Waals surface area contributed by atoms with E-state index in [-0.39, 0.29) is 5.91 Å². The van der Waals surface area contributed by atoms with E-state index in [1.54, 1.807) is 37.6 Å². The van der Waals surface area contributed by atoms with Gasteiger partial charge in [-0.25, -0.2) is 15.0 Å². The highest BCUT2D eigenvalue weighted by molar-refractivity contribution is 5.95. The van der Waals surface area contributed by atoms with Crippen LogP contribution in [0.25, 0.3) is 0 Å². The molecule has 3 heterocycles. The number of ether oxygens (including phenoxy) is 1. The molecule has 1 aliphatic rings. The predicted octanol–water partition coefficient (Wildman–Crippen LogP) is 1.55. The number of carbonyl (C=O) groups is 1. The minimum absolute atomic E-state index is 0.314. The Morgan fingerprint density at radius 3 is 2.42 bits per heavy atom. The van der Waals surface area contributed by atoms with Crippen LogP contribution in [0.2, 0.25) is 0 Å². The van der Waals surface area contributed by atoms with Gasteiger partial charge in [0.1, 0.15) is 23.6 Å². The maximum atomic E-state index is 12.4. The molecule has 1 fully saturated rings. The number of nitrogens with two attached hydrogens (primary N) is 1. The van der Waals surface area contributed by atoms with Crippen molar-refractivity contribution in [2.75, 3.05) is 54.2 Å². The Labute approximate surface area is 180 Å². The van der Waals surface area contributed by atoms with Gasteiger partial charge < -0.3 is 20.3 Å². The number of rotatable bonds is 6. The lowest BCUT2D eigenvalue weighted by molar-refractivity contribution is 0.0962. The molecule has 1 saturated heterocycles. The normalized spacial score (nSPS) is 13.6. The lowest BCUT2D eigenvalue weighted by Gasteiger charge is -2.36. The lowest BCUT2D eigenvalue weighted by Crippen LogP contribution is -2.47. The third kappa shape index (κ3) is 4.58. The number of nitrogen functional groups attached to an aromatic ring is 1. The SMILES string of the molecule is COc1ccc(C(=O)NNc2ncnc(N3CCN(c4ccccn4)CC3)c2N)cc1. The largest absolute Gasteiger partial charge is 0.497 e. The summed E-state index contributed by atoms with van der Waals surface area (Å²) in [5, 5.41) is 0. The molecular weight excluding hydrogens is 396 g/mol. The monoisotopic (exact) mass is 420 g/mol. The van der Waals surface area contributed by atoms with E-state index in [1.807, 2.05) is 18.2 Å². The molecule has 0 radical (unpaired) electrons. The molecule has 0 aliphatic carbocycles. The molecule has 1 amide bonds. The minimum atomic E-state index is -0.314. The van der Waals surface area contributed by atoms with E-state index in [0.29, 0.717) is 28.6 Å². The number of aromatic nitrogens is 3. The maximum absolute atomic E-state index is 12.4. The first kappa shape index (κ1) is 20.2. The average molecular weight is 420 g/mol. The molecule has 1 aromatic carbocycles. The van der Waals surface area contributed by atoms with Gasteiger partial charge in [0.2, 0.25) is 0 Å². The summed E-state index contributed by atoms with van der Waals surface area (Å²) >= 11 is 0. The zero-order chi connectivity index (χ0) is 21.6. The molecule has 0 atom stereocenters. The number of hydrogen-bond donors (Lipinski definition) is 3. The molecular formula is C21H24N8O2. The van der Waals surface area contributed by atoms with Gasteiger partial charge in [-0.3, -0.25) is 15.6 Å². The standard InChI is InChI=1S/C21H24N8O2/c1-31-16-7-5-15(6-8-16)21(30)27-26-19-18(22)20(25-14-24-19)29-12-10-28(11-13-29)17-4-2-3-9-23-17/h2-9,14H,10-13,22H2,1H3,(H,27,30)(H,24,25,26). The molecule has 0 spiro atoms. The number of methoxy groups -OCH3 is 1. The van der Waals surface area contributed by atoms with Crippen molar-refractivity contribution >= 4 is 29.0 Å². The highest BCUT2D eigenvalue weighted by Crippen LogP contribution is 2.27. The fourth-order valence-corrected chi connectivity index (χ4v) is 3.36. The predicted molar refractivity (Wildman–Crippen MR) is 119 cm³/mol. The molecule has 0 saturated carbocycles. The number of piperazine rings is 1. The van der Waals surface area contributed by atoms with Crippen LogP contribution in [0, 0.1) is 0 Å². The highest BCUT2D eigenvalue weighted by Gasteiger charge is 2.22. The summed E-state index contributed by atoms with van der Waals surface area (Å²) in [5.74, 6) is 2.31. The second-order valence-electron chi connectivity index (χ2n) is 6.93. The summed E-state index contributed by atoms with van der Waals surface area (Å²) in [6.45, 7) is 3.10. The minimum Gasteiger partial charge on any atom is -0.497 e. The van der Waals surface area contributed by atoms with Crippen LogP contribution in [0.4, 0.5) is 23.1 Å². The number of nitrogens with one attached hydrogen (secondary N) is 2. The van der Waals surface area contributed by atoms with Crippen LogP contribution in [0.3, 0.4) is 0 Å². The van der Waals surface area contributed by atoms with Crippen molar-refractivity contribution in [1.82, 2.24) is 20.4 Å².